The van der Waals surface area contributed by atoms with Gasteiger partial charge < -0.3 is 9.47 Å². The second-order valence-corrected chi connectivity index (χ2v) is 4.26. The molecule has 2 rings (SSSR count). The molecule has 0 radical (unpaired) electrons. The highest BCUT2D eigenvalue weighted by Gasteiger charge is 2.49. The summed E-state index contributed by atoms with van der Waals surface area (Å²) in [5.41, 5.74) is 4.01. The van der Waals surface area contributed by atoms with Crippen molar-refractivity contribution in [3.63, 3.8) is 0 Å². The van der Waals surface area contributed by atoms with Gasteiger partial charge in [-0.25, -0.2) is 4.79 Å². The summed E-state index contributed by atoms with van der Waals surface area (Å²) in [5.74, 6) is -1.85. The predicted molar refractivity (Wildman–Crippen MR) is 64.5 cm³/mol. The molecule has 5 heteroatoms. The standard InChI is InChI=1S/C13H17NO4/c1-16-12(15)13(17-2)9-11(14-18-13)8-10-6-4-3-5-7-10/h3-7,11,14H,8-9H2,1-2H3/t11-,13-/m1/s1. The van der Waals surface area contributed by atoms with Crippen LogP contribution >= 0.6 is 0 Å². The molecule has 1 aliphatic rings. The number of hydrogen-bond donors (Lipinski definition) is 1. The van der Waals surface area contributed by atoms with Gasteiger partial charge in [-0.1, -0.05) is 30.3 Å². The normalized spacial score (nSPS) is 27.1. The molecule has 0 aliphatic carbocycles. The van der Waals surface area contributed by atoms with E-state index in [2.05, 4.69) is 5.48 Å². The number of carbonyl (C=O) groups excluding carboxylic acids is 1. The van der Waals surface area contributed by atoms with Gasteiger partial charge >= 0.3 is 5.97 Å². The fourth-order valence-corrected chi connectivity index (χ4v) is 2.09. The van der Waals surface area contributed by atoms with Crippen LogP contribution in [0.3, 0.4) is 0 Å². The van der Waals surface area contributed by atoms with Gasteiger partial charge in [-0.3, -0.25) is 4.84 Å². The molecule has 0 amide bonds. The van der Waals surface area contributed by atoms with Crippen molar-refractivity contribution < 1.29 is 19.1 Å². The van der Waals surface area contributed by atoms with E-state index in [1.165, 1.54) is 19.8 Å². The largest absolute Gasteiger partial charge is 0.465 e. The molecule has 5 nitrogen and oxygen atoms in total. The average Bonchev–Trinajstić information content (AvgIpc) is 2.83. The van der Waals surface area contributed by atoms with Gasteiger partial charge in [-0.05, 0) is 12.0 Å². The molecule has 2 atom stereocenters. The lowest BCUT2D eigenvalue weighted by Gasteiger charge is -2.21. The maximum absolute atomic E-state index is 11.7. The van der Waals surface area contributed by atoms with Gasteiger partial charge in [0.15, 0.2) is 0 Å². The van der Waals surface area contributed by atoms with Crippen molar-refractivity contribution in [2.45, 2.75) is 24.7 Å². The van der Waals surface area contributed by atoms with Gasteiger partial charge in [-0.15, -0.1) is 0 Å². The minimum absolute atomic E-state index is 0.0199. The minimum Gasteiger partial charge on any atom is -0.465 e. The molecule has 0 aromatic heterocycles. The van der Waals surface area contributed by atoms with E-state index in [1.807, 2.05) is 30.3 Å². The van der Waals surface area contributed by atoms with E-state index in [0.29, 0.717) is 6.42 Å². The van der Waals surface area contributed by atoms with E-state index < -0.39 is 11.8 Å². The second-order valence-electron chi connectivity index (χ2n) is 4.26. The lowest BCUT2D eigenvalue weighted by Crippen LogP contribution is -2.42. The second kappa shape index (κ2) is 5.48. The van der Waals surface area contributed by atoms with Crippen LogP contribution in [0.1, 0.15) is 12.0 Å². The Morgan fingerprint density at radius 2 is 2.17 bits per heavy atom. The molecule has 0 unspecified atom stereocenters. The van der Waals surface area contributed by atoms with Gasteiger partial charge in [0, 0.05) is 19.6 Å². The van der Waals surface area contributed by atoms with E-state index in [1.54, 1.807) is 0 Å². The van der Waals surface area contributed by atoms with Gasteiger partial charge in [-0.2, -0.15) is 5.48 Å². The smallest absolute Gasteiger partial charge is 0.368 e. The fraction of sp³-hybridized carbons (Fsp3) is 0.462. The number of benzene rings is 1. The number of nitrogens with one attached hydrogen (secondary N) is 1. The zero-order chi connectivity index (χ0) is 13.0. The molecule has 1 saturated heterocycles. The highest BCUT2D eigenvalue weighted by Crippen LogP contribution is 2.27. The lowest BCUT2D eigenvalue weighted by molar-refractivity contribution is -0.235. The van der Waals surface area contributed by atoms with Crippen LogP contribution in [0.15, 0.2) is 30.3 Å². The first-order chi connectivity index (χ1) is 8.70. The Bertz CT molecular complexity index is 409. The quantitative estimate of drug-likeness (QED) is 0.810. The first-order valence-electron chi connectivity index (χ1n) is 5.81. The number of hydroxylamine groups is 1. The Hall–Kier alpha value is -1.43. The van der Waals surface area contributed by atoms with E-state index in [4.69, 9.17) is 14.3 Å². The Morgan fingerprint density at radius 3 is 2.78 bits per heavy atom. The molecule has 1 aliphatic heterocycles. The highest BCUT2D eigenvalue weighted by atomic mass is 16.8. The van der Waals surface area contributed by atoms with Crippen LogP contribution in [0.5, 0.6) is 0 Å². The zero-order valence-electron chi connectivity index (χ0n) is 10.5. The van der Waals surface area contributed by atoms with Gasteiger partial charge in [0.05, 0.1) is 7.11 Å². The van der Waals surface area contributed by atoms with Crippen LogP contribution in [0.25, 0.3) is 0 Å². The van der Waals surface area contributed by atoms with Crippen LogP contribution in [0.2, 0.25) is 0 Å². The summed E-state index contributed by atoms with van der Waals surface area (Å²) in [7, 11) is 2.75. The fourth-order valence-electron chi connectivity index (χ4n) is 2.09. The van der Waals surface area contributed by atoms with Crippen molar-refractivity contribution in [1.29, 1.82) is 0 Å². The van der Waals surface area contributed by atoms with Crippen LogP contribution < -0.4 is 5.48 Å². The third kappa shape index (κ3) is 2.53. The van der Waals surface area contributed by atoms with E-state index in [9.17, 15) is 4.79 Å². The predicted octanol–water partition coefficient (Wildman–Crippen LogP) is 1.04. The van der Waals surface area contributed by atoms with Gasteiger partial charge in [0.2, 0.25) is 0 Å². The molecule has 18 heavy (non-hydrogen) atoms. The summed E-state index contributed by atoms with van der Waals surface area (Å²) in [6.45, 7) is 0. The molecule has 1 aromatic carbocycles. The topological polar surface area (TPSA) is 56.8 Å². The summed E-state index contributed by atoms with van der Waals surface area (Å²) in [6, 6.07) is 10.0. The van der Waals surface area contributed by atoms with Crippen LogP contribution in [-0.4, -0.2) is 32.0 Å². The van der Waals surface area contributed by atoms with E-state index in [-0.39, 0.29) is 6.04 Å². The monoisotopic (exact) mass is 251 g/mol. The van der Waals surface area contributed by atoms with E-state index in [0.717, 1.165) is 6.42 Å². The van der Waals surface area contributed by atoms with Crippen LogP contribution in [-0.2, 0) is 25.5 Å². The Morgan fingerprint density at radius 1 is 1.44 bits per heavy atom. The number of esters is 1. The number of rotatable bonds is 4. The summed E-state index contributed by atoms with van der Waals surface area (Å²) in [5, 5.41) is 0. The molecular formula is C13H17NO4. The van der Waals surface area contributed by atoms with Crippen LogP contribution in [0.4, 0.5) is 0 Å². The molecule has 1 N–H and O–H groups in total. The molecule has 1 aromatic rings. The minimum atomic E-state index is -1.33. The first-order valence-corrected chi connectivity index (χ1v) is 5.81. The molecule has 0 bridgehead atoms. The third-order valence-electron chi connectivity index (χ3n) is 3.06. The summed E-state index contributed by atoms with van der Waals surface area (Å²) < 4.78 is 9.86. The van der Waals surface area contributed by atoms with Crippen LogP contribution in [0, 0.1) is 0 Å². The molecule has 0 spiro atoms. The highest BCUT2D eigenvalue weighted by molar-refractivity contribution is 5.78. The number of methoxy groups -OCH3 is 2. The van der Waals surface area contributed by atoms with Crippen molar-refractivity contribution in [2.24, 2.45) is 0 Å². The maximum Gasteiger partial charge on any atom is 0.368 e. The Kier molecular flexibility index (Phi) is 3.96. The summed E-state index contributed by atoms with van der Waals surface area (Å²) >= 11 is 0. The zero-order valence-corrected chi connectivity index (χ0v) is 10.5. The van der Waals surface area contributed by atoms with Gasteiger partial charge in [0.1, 0.15) is 0 Å². The summed E-state index contributed by atoms with van der Waals surface area (Å²) in [6.07, 6.45) is 1.19. The SMILES string of the molecule is COC(=O)[C@@]1(OC)C[C@@H](Cc2ccccc2)NO1. The molecule has 0 saturated carbocycles. The van der Waals surface area contributed by atoms with Gasteiger partial charge in [0.25, 0.3) is 5.79 Å². The molecule has 1 heterocycles. The number of ether oxygens (including phenoxy) is 2. The maximum atomic E-state index is 11.7. The molecular weight excluding hydrogens is 234 g/mol. The molecule has 1 fully saturated rings. The number of hydrogen-bond acceptors (Lipinski definition) is 5. The average molecular weight is 251 g/mol. The lowest BCUT2D eigenvalue weighted by atomic mass is 10.0. The Labute approximate surface area is 106 Å². The first kappa shape index (κ1) is 13.0. The van der Waals surface area contributed by atoms with E-state index >= 15 is 0 Å². The van der Waals surface area contributed by atoms with Crippen molar-refractivity contribution >= 4 is 5.97 Å². The third-order valence-corrected chi connectivity index (χ3v) is 3.06. The molecule has 98 valence electrons. The van der Waals surface area contributed by atoms with Crippen molar-refractivity contribution in [2.75, 3.05) is 14.2 Å². The van der Waals surface area contributed by atoms with Crippen molar-refractivity contribution in [3.05, 3.63) is 35.9 Å². The number of carbonyl (C=O) groups is 1. The van der Waals surface area contributed by atoms with Crippen molar-refractivity contribution in [3.8, 4) is 0 Å². The Balaban J connectivity index is 2.01. The van der Waals surface area contributed by atoms with Crippen molar-refractivity contribution in [1.82, 2.24) is 5.48 Å². The summed E-state index contributed by atoms with van der Waals surface area (Å²) in [4.78, 5) is 16.9.